The van der Waals surface area contributed by atoms with E-state index < -0.39 is 5.97 Å². The van der Waals surface area contributed by atoms with E-state index in [2.05, 4.69) is 10.1 Å². The van der Waals surface area contributed by atoms with Crippen molar-refractivity contribution in [1.82, 2.24) is 14.8 Å². The van der Waals surface area contributed by atoms with Gasteiger partial charge in [0.25, 0.3) is 0 Å². The maximum Gasteiger partial charge on any atom is 0.347 e. The van der Waals surface area contributed by atoms with Crippen molar-refractivity contribution in [3.8, 4) is 22.7 Å². The number of aromatic nitrogens is 3. The first-order valence-electron chi connectivity index (χ1n) is 9.54. The van der Waals surface area contributed by atoms with Crippen LogP contribution in [0.4, 0.5) is 0 Å². The lowest BCUT2D eigenvalue weighted by Gasteiger charge is -2.06. The van der Waals surface area contributed by atoms with Crippen LogP contribution in [0.25, 0.3) is 27.7 Å². The summed E-state index contributed by atoms with van der Waals surface area (Å²) in [6.07, 6.45) is 5.07. The Hall–Kier alpha value is -4.25. The minimum Gasteiger partial charge on any atom is -0.423 e. The highest BCUT2D eigenvalue weighted by Crippen LogP contribution is 2.26. The Morgan fingerprint density at radius 2 is 1.63 bits per heavy atom. The lowest BCUT2D eigenvalue weighted by Crippen LogP contribution is -2.09. The highest BCUT2D eigenvalue weighted by atomic mass is 16.5. The van der Waals surface area contributed by atoms with Gasteiger partial charge < -0.3 is 4.74 Å². The number of ether oxygens (including phenoxy) is 1. The average Bonchev–Trinajstić information content (AvgIpc) is 3.26. The molecule has 0 saturated carbocycles. The summed E-state index contributed by atoms with van der Waals surface area (Å²) in [5.41, 5.74) is 2.50. The topological polar surface area (TPSA) is 57.0 Å². The first-order chi connectivity index (χ1) is 14.8. The van der Waals surface area contributed by atoms with Gasteiger partial charge in [-0.05, 0) is 47.2 Å². The number of carbonyl (C=O) groups excluding carboxylic acids is 1. The molecule has 0 bridgehead atoms. The van der Waals surface area contributed by atoms with E-state index in [1.54, 1.807) is 29.3 Å². The normalized spacial score (nSPS) is 10.8. The molecule has 0 fully saturated rings. The quantitative estimate of drug-likeness (QED) is 0.308. The van der Waals surface area contributed by atoms with E-state index in [9.17, 15) is 4.79 Å². The third-order valence-electron chi connectivity index (χ3n) is 4.82. The predicted octanol–water partition coefficient (Wildman–Crippen LogP) is 5.31. The van der Waals surface area contributed by atoms with Gasteiger partial charge in [-0.3, -0.25) is 4.98 Å². The van der Waals surface area contributed by atoms with Gasteiger partial charge in [-0.25, -0.2) is 9.48 Å². The fraction of sp³-hybridized carbons (Fsp3) is 0. The number of para-hydroxylation sites is 1. The van der Waals surface area contributed by atoms with E-state index in [0.29, 0.717) is 17.0 Å². The van der Waals surface area contributed by atoms with Crippen molar-refractivity contribution in [2.75, 3.05) is 0 Å². The molecule has 3 aromatic carbocycles. The van der Waals surface area contributed by atoms with E-state index in [0.717, 1.165) is 22.0 Å². The number of hydrogen-bond donors (Lipinski definition) is 0. The maximum absolute atomic E-state index is 13.1. The van der Waals surface area contributed by atoms with E-state index in [1.807, 2.05) is 78.9 Å². The molecule has 2 heterocycles. The Kier molecular flexibility index (Phi) is 4.54. The minimum absolute atomic E-state index is 0.375. The van der Waals surface area contributed by atoms with Gasteiger partial charge in [0.2, 0.25) is 0 Å². The molecule has 0 aliphatic heterocycles. The van der Waals surface area contributed by atoms with Crippen LogP contribution in [0.5, 0.6) is 5.75 Å². The molecule has 0 N–H and O–H groups in total. The number of fused-ring (bicyclic) bond motifs is 1. The SMILES string of the molecule is O=C(Oc1ccc2ccccc2c1)c1cn(-c2ccccc2)nc1-c1cccnc1. The smallest absolute Gasteiger partial charge is 0.347 e. The second kappa shape index (κ2) is 7.64. The van der Waals surface area contributed by atoms with Crippen molar-refractivity contribution in [1.29, 1.82) is 0 Å². The standard InChI is InChI=1S/C25H17N3O2/c29-25(30-22-13-12-18-7-4-5-8-19(18)15-22)23-17-28(21-10-2-1-3-11-21)27-24(23)20-9-6-14-26-16-20/h1-17H. The zero-order valence-corrected chi connectivity index (χ0v) is 16.0. The molecule has 0 spiro atoms. The zero-order valence-electron chi connectivity index (χ0n) is 16.0. The third-order valence-corrected chi connectivity index (χ3v) is 4.82. The van der Waals surface area contributed by atoms with Crippen LogP contribution in [0.1, 0.15) is 10.4 Å². The first-order valence-corrected chi connectivity index (χ1v) is 9.54. The summed E-state index contributed by atoms with van der Waals surface area (Å²) < 4.78 is 7.39. The Morgan fingerprint density at radius 3 is 2.43 bits per heavy atom. The molecule has 0 aliphatic rings. The van der Waals surface area contributed by atoms with Crippen LogP contribution in [-0.2, 0) is 0 Å². The van der Waals surface area contributed by atoms with Gasteiger partial charge in [-0.2, -0.15) is 5.10 Å². The van der Waals surface area contributed by atoms with Crippen molar-refractivity contribution in [3.63, 3.8) is 0 Å². The van der Waals surface area contributed by atoms with Gasteiger partial charge in [0, 0.05) is 24.2 Å². The van der Waals surface area contributed by atoms with E-state index in [4.69, 9.17) is 4.74 Å². The van der Waals surface area contributed by atoms with Gasteiger partial charge in [-0.15, -0.1) is 0 Å². The summed E-state index contributed by atoms with van der Waals surface area (Å²) in [5, 5.41) is 6.74. The summed E-state index contributed by atoms with van der Waals surface area (Å²) in [4.78, 5) is 17.3. The molecule has 144 valence electrons. The van der Waals surface area contributed by atoms with Gasteiger partial charge in [0.1, 0.15) is 17.0 Å². The van der Waals surface area contributed by atoms with Crippen molar-refractivity contribution >= 4 is 16.7 Å². The molecular weight excluding hydrogens is 374 g/mol. The average molecular weight is 391 g/mol. The second-order valence-electron chi connectivity index (χ2n) is 6.81. The first kappa shape index (κ1) is 17.8. The lowest BCUT2D eigenvalue weighted by atomic mass is 10.1. The van der Waals surface area contributed by atoms with Gasteiger partial charge in [0.05, 0.1) is 5.69 Å². The Balaban J connectivity index is 1.54. The van der Waals surface area contributed by atoms with E-state index in [-0.39, 0.29) is 0 Å². The molecule has 2 aromatic heterocycles. The van der Waals surface area contributed by atoms with Crippen molar-refractivity contribution in [3.05, 3.63) is 109 Å². The van der Waals surface area contributed by atoms with Crippen LogP contribution in [0, 0.1) is 0 Å². The molecule has 30 heavy (non-hydrogen) atoms. The molecule has 0 atom stereocenters. The monoisotopic (exact) mass is 391 g/mol. The van der Waals surface area contributed by atoms with E-state index >= 15 is 0 Å². The molecule has 0 radical (unpaired) electrons. The third kappa shape index (κ3) is 3.44. The number of nitrogens with zero attached hydrogens (tertiary/aromatic N) is 3. The number of benzene rings is 3. The molecule has 5 heteroatoms. The van der Waals surface area contributed by atoms with Crippen LogP contribution in [0.15, 0.2) is 104 Å². The van der Waals surface area contributed by atoms with Crippen LogP contribution >= 0.6 is 0 Å². The highest BCUT2D eigenvalue weighted by molar-refractivity contribution is 5.97. The number of rotatable bonds is 4. The summed E-state index contributed by atoms with van der Waals surface area (Å²) in [7, 11) is 0. The summed E-state index contributed by atoms with van der Waals surface area (Å²) in [6.45, 7) is 0. The fourth-order valence-corrected chi connectivity index (χ4v) is 3.35. The summed E-state index contributed by atoms with van der Waals surface area (Å²) >= 11 is 0. The number of hydrogen-bond acceptors (Lipinski definition) is 4. The van der Waals surface area contributed by atoms with Crippen molar-refractivity contribution in [2.45, 2.75) is 0 Å². The number of carbonyl (C=O) groups is 1. The van der Waals surface area contributed by atoms with Crippen LogP contribution in [-0.4, -0.2) is 20.7 Å². The number of esters is 1. The molecule has 0 saturated heterocycles. The minimum atomic E-state index is -0.466. The Morgan fingerprint density at radius 1 is 0.833 bits per heavy atom. The van der Waals surface area contributed by atoms with Gasteiger partial charge >= 0.3 is 5.97 Å². The second-order valence-corrected chi connectivity index (χ2v) is 6.81. The molecule has 0 unspecified atom stereocenters. The lowest BCUT2D eigenvalue weighted by molar-refractivity contribution is 0.0736. The number of pyridine rings is 1. The summed E-state index contributed by atoms with van der Waals surface area (Å²) in [6, 6.07) is 26.9. The molecule has 0 amide bonds. The highest BCUT2D eigenvalue weighted by Gasteiger charge is 2.21. The molecule has 0 aliphatic carbocycles. The Bertz CT molecular complexity index is 1330. The molecule has 5 aromatic rings. The molecular formula is C25H17N3O2. The van der Waals surface area contributed by atoms with Gasteiger partial charge in [0.15, 0.2) is 0 Å². The van der Waals surface area contributed by atoms with Crippen molar-refractivity contribution in [2.24, 2.45) is 0 Å². The predicted molar refractivity (Wildman–Crippen MR) is 116 cm³/mol. The van der Waals surface area contributed by atoms with Crippen molar-refractivity contribution < 1.29 is 9.53 Å². The van der Waals surface area contributed by atoms with Gasteiger partial charge in [-0.1, -0.05) is 48.5 Å². The summed E-state index contributed by atoms with van der Waals surface area (Å²) in [5.74, 6) is 0.0228. The zero-order chi connectivity index (χ0) is 20.3. The van der Waals surface area contributed by atoms with E-state index in [1.165, 1.54) is 0 Å². The molecule has 5 rings (SSSR count). The fourth-order valence-electron chi connectivity index (χ4n) is 3.35. The largest absolute Gasteiger partial charge is 0.423 e. The van der Waals surface area contributed by atoms with Crippen LogP contribution in [0.3, 0.4) is 0 Å². The van der Waals surface area contributed by atoms with Crippen LogP contribution in [0.2, 0.25) is 0 Å². The maximum atomic E-state index is 13.1. The molecule has 5 nitrogen and oxygen atoms in total. The Labute approximate surface area is 173 Å². The van der Waals surface area contributed by atoms with Crippen LogP contribution < -0.4 is 4.74 Å².